The lowest BCUT2D eigenvalue weighted by molar-refractivity contribution is -0.138. The van der Waals surface area contributed by atoms with E-state index in [2.05, 4.69) is 5.32 Å². The summed E-state index contributed by atoms with van der Waals surface area (Å²) in [6.07, 6.45) is 0. The average Bonchev–Trinajstić information content (AvgIpc) is 2.36. The van der Waals surface area contributed by atoms with Crippen molar-refractivity contribution in [3.05, 3.63) is 63.9 Å². The summed E-state index contributed by atoms with van der Waals surface area (Å²) >= 11 is 11.7. The van der Waals surface area contributed by atoms with Crippen LogP contribution < -0.4 is 5.32 Å². The van der Waals surface area contributed by atoms with E-state index >= 15 is 0 Å². The van der Waals surface area contributed by atoms with E-state index in [1.54, 1.807) is 6.07 Å². The van der Waals surface area contributed by atoms with Gasteiger partial charge in [-0.2, -0.15) is 0 Å². The second kappa shape index (κ2) is 6.11. The van der Waals surface area contributed by atoms with E-state index in [0.717, 1.165) is 0 Å². The van der Waals surface area contributed by atoms with Gasteiger partial charge < -0.3 is 10.4 Å². The minimum Gasteiger partial charge on any atom is -0.479 e. The van der Waals surface area contributed by atoms with Crippen molar-refractivity contribution in [3.8, 4) is 0 Å². The van der Waals surface area contributed by atoms with Crippen LogP contribution in [0.25, 0.3) is 0 Å². The third-order valence-corrected chi connectivity index (χ3v) is 3.08. The van der Waals surface area contributed by atoms with Gasteiger partial charge in [0, 0.05) is 10.0 Å². The Hall–Kier alpha value is -1.78. The Morgan fingerprint density at radius 2 is 1.75 bits per heavy atom. The van der Waals surface area contributed by atoms with Crippen LogP contribution in [-0.4, -0.2) is 11.1 Å². The summed E-state index contributed by atoms with van der Waals surface area (Å²) < 4.78 is 13.6. The first kappa shape index (κ1) is 14.6. The van der Waals surface area contributed by atoms with Gasteiger partial charge in [0.25, 0.3) is 0 Å². The Bertz CT molecular complexity index is 629. The standard InChI is InChI=1S/C14H10Cl2FNO2/c15-9-5-8(6-10(16)7-9)13(14(19)20)18-12-4-2-1-3-11(12)17/h1-7,13,18H,(H,19,20). The molecule has 2 rings (SSSR count). The Balaban J connectivity index is 2.37. The Labute approximate surface area is 124 Å². The number of carboxylic acids is 1. The van der Waals surface area contributed by atoms with Crippen molar-refractivity contribution in [2.24, 2.45) is 0 Å². The van der Waals surface area contributed by atoms with Crippen LogP contribution in [0.2, 0.25) is 10.0 Å². The molecule has 1 atom stereocenters. The predicted octanol–water partition coefficient (Wildman–Crippen LogP) is 4.37. The molecule has 2 aromatic rings. The summed E-state index contributed by atoms with van der Waals surface area (Å²) in [5, 5.41) is 12.5. The molecule has 1 unspecified atom stereocenters. The number of hydrogen-bond donors (Lipinski definition) is 2. The molecule has 0 aliphatic carbocycles. The summed E-state index contributed by atoms with van der Waals surface area (Å²) in [4.78, 5) is 11.4. The van der Waals surface area contributed by atoms with Crippen LogP contribution >= 0.6 is 23.2 Å². The number of aliphatic carboxylic acids is 1. The van der Waals surface area contributed by atoms with E-state index in [1.165, 1.54) is 36.4 Å². The smallest absolute Gasteiger partial charge is 0.330 e. The largest absolute Gasteiger partial charge is 0.479 e. The zero-order valence-corrected chi connectivity index (χ0v) is 11.6. The fourth-order valence-electron chi connectivity index (χ4n) is 1.76. The number of hydrogen-bond acceptors (Lipinski definition) is 2. The molecule has 104 valence electrons. The molecule has 0 saturated carbocycles. The topological polar surface area (TPSA) is 49.3 Å². The van der Waals surface area contributed by atoms with Gasteiger partial charge in [-0.1, -0.05) is 35.3 Å². The second-order valence-electron chi connectivity index (χ2n) is 4.10. The van der Waals surface area contributed by atoms with Gasteiger partial charge >= 0.3 is 5.97 Å². The molecule has 2 N–H and O–H groups in total. The number of benzene rings is 2. The van der Waals surface area contributed by atoms with Crippen LogP contribution in [0.1, 0.15) is 11.6 Å². The van der Waals surface area contributed by atoms with Crippen LogP contribution in [0.15, 0.2) is 42.5 Å². The predicted molar refractivity (Wildman–Crippen MR) is 76.9 cm³/mol. The lowest BCUT2D eigenvalue weighted by atomic mass is 10.1. The van der Waals surface area contributed by atoms with E-state index in [1.807, 2.05) is 0 Å². The summed E-state index contributed by atoms with van der Waals surface area (Å²) in [6, 6.07) is 9.11. The molecule has 0 heterocycles. The molecule has 0 amide bonds. The molecule has 0 aliphatic heterocycles. The molecular formula is C14H10Cl2FNO2. The molecular weight excluding hydrogens is 304 g/mol. The molecule has 3 nitrogen and oxygen atoms in total. The second-order valence-corrected chi connectivity index (χ2v) is 4.97. The van der Waals surface area contributed by atoms with Crippen molar-refractivity contribution in [2.75, 3.05) is 5.32 Å². The van der Waals surface area contributed by atoms with E-state index in [4.69, 9.17) is 23.2 Å². The number of para-hydroxylation sites is 1. The van der Waals surface area contributed by atoms with Crippen LogP contribution in [0, 0.1) is 5.82 Å². The Kier molecular flexibility index (Phi) is 4.47. The molecule has 20 heavy (non-hydrogen) atoms. The fourth-order valence-corrected chi connectivity index (χ4v) is 2.31. The zero-order chi connectivity index (χ0) is 14.7. The van der Waals surface area contributed by atoms with Crippen molar-refractivity contribution in [2.45, 2.75) is 6.04 Å². The number of rotatable bonds is 4. The van der Waals surface area contributed by atoms with Crippen LogP contribution in [0.3, 0.4) is 0 Å². The van der Waals surface area contributed by atoms with E-state index in [9.17, 15) is 14.3 Å². The summed E-state index contributed by atoms with van der Waals surface area (Å²) in [6.45, 7) is 0. The number of carbonyl (C=O) groups is 1. The van der Waals surface area contributed by atoms with Crippen molar-refractivity contribution >= 4 is 34.9 Å². The maximum atomic E-state index is 13.6. The van der Waals surface area contributed by atoms with Gasteiger partial charge in [-0.25, -0.2) is 9.18 Å². The van der Waals surface area contributed by atoms with E-state index < -0.39 is 17.8 Å². The molecule has 2 aromatic carbocycles. The number of nitrogens with one attached hydrogen (secondary N) is 1. The van der Waals surface area contributed by atoms with Crippen molar-refractivity contribution in [3.63, 3.8) is 0 Å². The number of carboxylic acid groups (broad SMARTS) is 1. The monoisotopic (exact) mass is 313 g/mol. The highest BCUT2D eigenvalue weighted by Gasteiger charge is 2.21. The van der Waals surface area contributed by atoms with Crippen LogP contribution in [0.5, 0.6) is 0 Å². The van der Waals surface area contributed by atoms with Gasteiger partial charge in [-0.05, 0) is 35.9 Å². The first-order valence-corrected chi connectivity index (χ1v) is 6.43. The average molecular weight is 314 g/mol. The van der Waals surface area contributed by atoms with Crippen LogP contribution in [-0.2, 0) is 4.79 Å². The minimum atomic E-state index is -1.16. The minimum absolute atomic E-state index is 0.0935. The van der Waals surface area contributed by atoms with Gasteiger partial charge in [0.05, 0.1) is 5.69 Å². The van der Waals surface area contributed by atoms with E-state index in [0.29, 0.717) is 15.6 Å². The van der Waals surface area contributed by atoms with Gasteiger partial charge in [0.1, 0.15) is 5.82 Å². The fraction of sp³-hybridized carbons (Fsp3) is 0.0714. The van der Waals surface area contributed by atoms with Gasteiger partial charge in [-0.3, -0.25) is 0 Å². The van der Waals surface area contributed by atoms with Crippen molar-refractivity contribution in [1.29, 1.82) is 0 Å². The molecule has 0 spiro atoms. The normalized spacial score (nSPS) is 11.9. The lowest BCUT2D eigenvalue weighted by Gasteiger charge is -2.17. The number of halogens is 3. The van der Waals surface area contributed by atoms with Crippen molar-refractivity contribution < 1.29 is 14.3 Å². The van der Waals surface area contributed by atoms with Gasteiger partial charge in [0.15, 0.2) is 6.04 Å². The molecule has 0 aromatic heterocycles. The number of anilines is 1. The highest BCUT2D eigenvalue weighted by atomic mass is 35.5. The van der Waals surface area contributed by atoms with Crippen molar-refractivity contribution in [1.82, 2.24) is 0 Å². The molecule has 0 fully saturated rings. The Morgan fingerprint density at radius 3 is 2.30 bits per heavy atom. The maximum Gasteiger partial charge on any atom is 0.330 e. The van der Waals surface area contributed by atoms with Crippen LogP contribution in [0.4, 0.5) is 10.1 Å². The summed E-state index contributed by atoms with van der Waals surface area (Å²) in [7, 11) is 0. The lowest BCUT2D eigenvalue weighted by Crippen LogP contribution is -2.21. The third-order valence-electron chi connectivity index (χ3n) is 2.64. The highest BCUT2D eigenvalue weighted by Crippen LogP contribution is 2.27. The Morgan fingerprint density at radius 1 is 1.15 bits per heavy atom. The van der Waals surface area contributed by atoms with E-state index in [-0.39, 0.29) is 5.69 Å². The SMILES string of the molecule is O=C(O)C(Nc1ccccc1F)c1cc(Cl)cc(Cl)c1. The molecule has 0 bridgehead atoms. The molecule has 6 heteroatoms. The summed E-state index contributed by atoms with van der Waals surface area (Å²) in [5.41, 5.74) is 0.439. The molecule has 0 radical (unpaired) electrons. The third kappa shape index (κ3) is 3.40. The quantitative estimate of drug-likeness (QED) is 0.881. The zero-order valence-electron chi connectivity index (χ0n) is 10.1. The molecule has 0 saturated heterocycles. The maximum absolute atomic E-state index is 13.6. The first-order chi connectivity index (χ1) is 9.47. The highest BCUT2D eigenvalue weighted by molar-refractivity contribution is 6.34. The van der Waals surface area contributed by atoms with Gasteiger partial charge in [-0.15, -0.1) is 0 Å². The molecule has 0 aliphatic rings. The van der Waals surface area contributed by atoms with Gasteiger partial charge in [0.2, 0.25) is 0 Å². The summed E-state index contributed by atoms with van der Waals surface area (Å²) in [5.74, 6) is -1.70. The first-order valence-electron chi connectivity index (χ1n) is 5.67.